The first-order valence-corrected chi connectivity index (χ1v) is 12.8. The SMILES string of the molecule is COc1ccc(CC(=O)N2CCCN(C[C@H]3CN(C(=O)c4ccc(OC)c(OC)c4)CCO3)CC2)cc1. The quantitative estimate of drug-likeness (QED) is 0.538. The van der Waals surface area contributed by atoms with E-state index in [1.807, 2.05) is 34.1 Å². The molecule has 9 heteroatoms. The summed E-state index contributed by atoms with van der Waals surface area (Å²) < 4.78 is 21.9. The third-order valence-corrected chi connectivity index (χ3v) is 6.97. The molecule has 2 saturated heterocycles. The molecule has 1 atom stereocenters. The van der Waals surface area contributed by atoms with E-state index in [4.69, 9.17) is 18.9 Å². The smallest absolute Gasteiger partial charge is 0.254 e. The van der Waals surface area contributed by atoms with E-state index >= 15 is 0 Å². The molecular weight excluding hydrogens is 474 g/mol. The van der Waals surface area contributed by atoms with Crippen LogP contribution in [0, 0.1) is 0 Å². The van der Waals surface area contributed by atoms with Crippen LogP contribution in [0.5, 0.6) is 17.2 Å². The fourth-order valence-electron chi connectivity index (χ4n) is 4.89. The highest BCUT2D eigenvalue weighted by Gasteiger charge is 2.28. The monoisotopic (exact) mass is 511 g/mol. The maximum atomic E-state index is 13.2. The molecule has 4 rings (SSSR count). The predicted octanol–water partition coefficient (Wildman–Crippen LogP) is 2.33. The summed E-state index contributed by atoms with van der Waals surface area (Å²) in [4.78, 5) is 32.2. The molecule has 200 valence electrons. The Labute approximate surface area is 218 Å². The van der Waals surface area contributed by atoms with Crippen molar-refractivity contribution in [2.24, 2.45) is 0 Å². The highest BCUT2D eigenvalue weighted by atomic mass is 16.5. The zero-order chi connectivity index (χ0) is 26.2. The lowest BCUT2D eigenvalue weighted by molar-refractivity contribution is -0.130. The normalized spacial score (nSPS) is 18.7. The van der Waals surface area contributed by atoms with Crippen molar-refractivity contribution >= 4 is 11.8 Å². The van der Waals surface area contributed by atoms with Gasteiger partial charge >= 0.3 is 0 Å². The number of rotatable bonds is 8. The van der Waals surface area contributed by atoms with Crippen molar-refractivity contribution in [3.05, 3.63) is 53.6 Å². The molecule has 0 radical (unpaired) electrons. The molecule has 0 bridgehead atoms. The van der Waals surface area contributed by atoms with Crippen LogP contribution in [0.15, 0.2) is 42.5 Å². The first-order chi connectivity index (χ1) is 18.0. The number of carbonyl (C=O) groups is 2. The second-order valence-corrected chi connectivity index (χ2v) is 9.37. The summed E-state index contributed by atoms with van der Waals surface area (Å²) >= 11 is 0. The molecule has 2 amide bonds. The van der Waals surface area contributed by atoms with E-state index in [0.29, 0.717) is 49.7 Å². The van der Waals surface area contributed by atoms with Crippen LogP contribution in [0.25, 0.3) is 0 Å². The second-order valence-electron chi connectivity index (χ2n) is 9.37. The van der Waals surface area contributed by atoms with Crippen molar-refractivity contribution in [2.45, 2.75) is 18.9 Å². The van der Waals surface area contributed by atoms with Gasteiger partial charge in [-0.3, -0.25) is 14.5 Å². The third-order valence-electron chi connectivity index (χ3n) is 6.97. The van der Waals surface area contributed by atoms with E-state index < -0.39 is 0 Å². The van der Waals surface area contributed by atoms with Crippen molar-refractivity contribution in [2.75, 3.05) is 73.7 Å². The Kier molecular flexibility index (Phi) is 9.24. The molecule has 2 aromatic rings. The van der Waals surface area contributed by atoms with Gasteiger partial charge in [0.05, 0.1) is 40.5 Å². The second kappa shape index (κ2) is 12.8. The van der Waals surface area contributed by atoms with Gasteiger partial charge in [-0.2, -0.15) is 0 Å². The van der Waals surface area contributed by atoms with Crippen LogP contribution in [0.3, 0.4) is 0 Å². The highest BCUT2D eigenvalue weighted by molar-refractivity contribution is 5.95. The summed E-state index contributed by atoms with van der Waals surface area (Å²) in [6, 6.07) is 12.9. The Hall–Kier alpha value is -3.30. The molecule has 2 aliphatic heterocycles. The number of methoxy groups -OCH3 is 3. The molecule has 0 N–H and O–H groups in total. The fraction of sp³-hybridized carbons (Fsp3) is 0.500. The van der Waals surface area contributed by atoms with Gasteiger partial charge in [0.1, 0.15) is 5.75 Å². The standard InChI is InChI=1S/C28H37N3O6/c1-34-23-8-5-21(6-9-23)17-27(32)30-12-4-11-29(13-14-30)19-24-20-31(15-16-37-24)28(33)22-7-10-25(35-2)26(18-22)36-3/h5-10,18,24H,4,11-17,19-20H2,1-3H3/t24-/m0/s1. The fourth-order valence-corrected chi connectivity index (χ4v) is 4.89. The van der Waals surface area contributed by atoms with Crippen molar-refractivity contribution < 1.29 is 28.5 Å². The van der Waals surface area contributed by atoms with Gasteiger partial charge in [-0.1, -0.05) is 12.1 Å². The first-order valence-electron chi connectivity index (χ1n) is 12.8. The zero-order valence-electron chi connectivity index (χ0n) is 22.0. The number of hydrogen-bond acceptors (Lipinski definition) is 7. The highest BCUT2D eigenvalue weighted by Crippen LogP contribution is 2.28. The first kappa shape index (κ1) is 26.8. The average molecular weight is 512 g/mol. The molecule has 0 aromatic heterocycles. The summed E-state index contributed by atoms with van der Waals surface area (Å²) in [5.74, 6) is 2.02. The molecular formula is C28H37N3O6. The zero-order valence-corrected chi connectivity index (χ0v) is 22.0. The van der Waals surface area contributed by atoms with Gasteiger partial charge < -0.3 is 28.7 Å². The van der Waals surface area contributed by atoms with Gasteiger partial charge in [-0.15, -0.1) is 0 Å². The van der Waals surface area contributed by atoms with Crippen LogP contribution < -0.4 is 14.2 Å². The average Bonchev–Trinajstić information content (AvgIpc) is 3.18. The Morgan fingerprint density at radius 1 is 0.865 bits per heavy atom. The number of ether oxygens (including phenoxy) is 4. The molecule has 37 heavy (non-hydrogen) atoms. The van der Waals surface area contributed by atoms with Crippen LogP contribution in [0.1, 0.15) is 22.3 Å². The van der Waals surface area contributed by atoms with Gasteiger partial charge in [0.25, 0.3) is 5.91 Å². The molecule has 2 fully saturated rings. The van der Waals surface area contributed by atoms with Gasteiger partial charge in [-0.25, -0.2) is 0 Å². The van der Waals surface area contributed by atoms with Crippen molar-refractivity contribution in [1.29, 1.82) is 0 Å². The molecule has 9 nitrogen and oxygen atoms in total. The van der Waals surface area contributed by atoms with Crippen molar-refractivity contribution in [3.63, 3.8) is 0 Å². The Morgan fingerprint density at radius 3 is 2.38 bits per heavy atom. The van der Waals surface area contributed by atoms with E-state index in [2.05, 4.69) is 4.90 Å². The number of hydrogen-bond donors (Lipinski definition) is 0. The van der Waals surface area contributed by atoms with Crippen LogP contribution in [-0.2, 0) is 16.0 Å². The van der Waals surface area contributed by atoms with Crippen LogP contribution >= 0.6 is 0 Å². The third kappa shape index (κ3) is 6.93. The number of benzene rings is 2. The van der Waals surface area contributed by atoms with E-state index in [9.17, 15) is 9.59 Å². The van der Waals surface area contributed by atoms with Crippen LogP contribution in [-0.4, -0.2) is 106 Å². The van der Waals surface area contributed by atoms with Crippen LogP contribution in [0.2, 0.25) is 0 Å². The topological polar surface area (TPSA) is 80.8 Å². The molecule has 0 spiro atoms. The summed E-state index contributed by atoms with van der Waals surface area (Å²) in [5, 5.41) is 0. The lowest BCUT2D eigenvalue weighted by atomic mass is 10.1. The number of nitrogens with zero attached hydrogens (tertiary/aromatic N) is 3. The molecule has 2 aromatic carbocycles. The number of amides is 2. The minimum Gasteiger partial charge on any atom is -0.497 e. The summed E-state index contributed by atoms with van der Waals surface area (Å²) in [5.41, 5.74) is 1.56. The maximum absolute atomic E-state index is 13.2. The Morgan fingerprint density at radius 2 is 1.65 bits per heavy atom. The molecule has 0 saturated carbocycles. The molecule has 0 unspecified atom stereocenters. The lowest BCUT2D eigenvalue weighted by Gasteiger charge is -2.35. The van der Waals surface area contributed by atoms with E-state index in [1.165, 1.54) is 0 Å². The molecule has 2 aliphatic rings. The summed E-state index contributed by atoms with van der Waals surface area (Å²) in [7, 11) is 4.77. The van der Waals surface area contributed by atoms with Crippen LogP contribution in [0.4, 0.5) is 0 Å². The van der Waals surface area contributed by atoms with Crippen molar-refractivity contribution in [1.82, 2.24) is 14.7 Å². The van der Waals surface area contributed by atoms with E-state index in [1.54, 1.807) is 39.5 Å². The summed E-state index contributed by atoms with van der Waals surface area (Å²) in [6.07, 6.45) is 1.23. The lowest BCUT2D eigenvalue weighted by Crippen LogP contribution is -2.50. The minimum absolute atomic E-state index is 0.0413. The van der Waals surface area contributed by atoms with E-state index in [0.717, 1.165) is 43.9 Å². The van der Waals surface area contributed by atoms with E-state index in [-0.39, 0.29) is 17.9 Å². The maximum Gasteiger partial charge on any atom is 0.254 e. The Balaban J connectivity index is 1.28. The molecule has 2 heterocycles. The molecule has 0 aliphatic carbocycles. The van der Waals surface area contributed by atoms with Gasteiger partial charge in [-0.05, 0) is 48.9 Å². The van der Waals surface area contributed by atoms with Gasteiger partial charge in [0.2, 0.25) is 5.91 Å². The Bertz CT molecular complexity index is 1060. The van der Waals surface area contributed by atoms with Gasteiger partial charge in [0, 0.05) is 44.8 Å². The largest absolute Gasteiger partial charge is 0.497 e. The minimum atomic E-state index is -0.0700. The number of morpholine rings is 1. The summed E-state index contributed by atoms with van der Waals surface area (Å²) in [6.45, 7) is 5.45. The predicted molar refractivity (Wildman–Crippen MR) is 140 cm³/mol. The number of carbonyl (C=O) groups excluding carboxylic acids is 2. The van der Waals surface area contributed by atoms with Crippen molar-refractivity contribution in [3.8, 4) is 17.2 Å². The van der Waals surface area contributed by atoms with Gasteiger partial charge in [0.15, 0.2) is 11.5 Å².